The van der Waals surface area contributed by atoms with Crippen LogP contribution in [-0.2, 0) is 0 Å². The summed E-state index contributed by atoms with van der Waals surface area (Å²) in [6, 6.07) is 11.8. The van der Waals surface area contributed by atoms with Crippen LogP contribution < -0.4 is 5.73 Å². The summed E-state index contributed by atoms with van der Waals surface area (Å²) in [6.07, 6.45) is 0. The summed E-state index contributed by atoms with van der Waals surface area (Å²) < 4.78 is 13.2. The first-order chi connectivity index (χ1) is 9.13. The van der Waals surface area contributed by atoms with Crippen molar-refractivity contribution in [2.45, 2.75) is 6.92 Å². The Bertz CT molecular complexity index is 768. The number of halogens is 1. The van der Waals surface area contributed by atoms with Gasteiger partial charge in [-0.3, -0.25) is 0 Å². The molecule has 0 saturated carbocycles. The van der Waals surface area contributed by atoms with Crippen molar-refractivity contribution >= 4 is 16.9 Å². The maximum absolute atomic E-state index is 13.2. The molecule has 3 nitrogen and oxygen atoms in total. The quantitative estimate of drug-likeness (QED) is 0.723. The molecule has 0 amide bonds. The van der Waals surface area contributed by atoms with Crippen LogP contribution in [-0.4, -0.2) is 9.97 Å². The second kappa shape index (κ2) is 4.31. The number of anilines is 1. The average molecular weight is 253 g/mol. The Kier molecular flexibility index (Phi) is 2.63. The molecular weight excluding hydrogens is 241 g/mol. The summed E-state index contributed by atoms with van der Waals surface area (Å²) >= 11 is 0. The van der Waals surface area contributed by atoms with E-state index in [4.69, 9.17) is 5.73 Å². The second-order valence-corrected chi connectivity index (χ2v) is 4.44. The fourth-order valence-corrected chi connectivity index (χ4v) is 2.10. The van der Waals surface area contributed by atoms with Crippen molar-refractivity contribution in [2.24, 2.45) is 0 Å². The third-order valence-electron chi connectivity index (χ3n) is 2.98. The number of aromatic nitrogens is 2. The van der Waals surface area contributed by atoms with Gasteiger partial charge in [0.2, 0.25) is 0 Å². The highest BCUT2D eigenvalue weighted by molar-refractivity contribution is 5.82. The molecule has 4 heteroatoms. The maximum Gasteiger partial charge on any atom is 0.124 e. The van der Waals surface area contributed by atoms with Crippen molar-refractivity contribution in [3.05, 3.63) is 53.8 Å². The molecule has 3 rings (SSSR count). The van der Waals surface area contributed by atoms with Crippen LogP contribution in [0.2, 0.25) is 0 Å². The Labute approximate surface area is 109 Å². The van der Waals surface area contributed by atoms with E-state index in [2.05, 4.69) is 9.97 Å². The lowest BCUT2D eigenvalue weighted by molar-refractivity contribution is 0.628. The topological polar surface area (TPSA) is 51.8 Å². The van der Waals surface area contributed by atoms with Crippen LogP contribution in [0, 0.1) is 12.7 Å². The summed E-state index contributed by atoms with van der Waals surface area (Å²) in [5.74, 6) is 0.205. The highest BCUT2D eigenvalue weighted by atomic mass is 19.1. The summed E-state index contributed by atoms with van der Waals surface area (Å²) in [5, 5.41) is 0. The van der Waals surface area contributed by atoms with Gasteiger partial charge in [-0.25, -0.2) is 14.4 Å². The minimum Gasteiger partial charge on any atom is -0.384 e. The number of nitrogen functional groups attached to an aromatic ring is 1. The molecule has 3 aromatic rings. The molecule has 0 aliphatic heterocycles. The molecule has 19 heavy (non-hydrogen) atoms. The minimum atomic E-state index is -0.272. The molecule has 0 fully saturated rings. The molecular formula is C15H12FN3. The Balaban J connectivity index is 2.22. The number of rotatable bonds is 1. The molecule has 94 valence electrons. The SMILES string of the molecule is Cc1cc(N)nc2ccc(-c3cccc(F)c3)nc12. The first kappa shape index (κ1) is 11.6. The Morgan fingerprint density at radius 2 is 1.89 bits per heavy atom. The predicted octanol–water partition coefficient (Wildman–Crippen LogP) is 3.33. The average Bonchev–Trinajstić information content (AvgIpc) is 2.38. The second-order valence-electron chi connectivity index (χ2n) is 4.44. The normalized spacial score (nSPS) is 10.8. The first-order valence-corrected chi connectivity index (χ1v) is 5.93. The fourth-order valence-electron chi connectivity index (χ4n) is 2.10. The van der Waals surface area contributed by atoms with Gasteiger partial charge in [-0.05, 0) is 42.8 Å². The lowest BCUT2D eigenvalue weighted by Gasteiger charge is -2.06. The Morgan fingerprint density at radius 3 is 2.68 bits per heavy atom. The van der Waals surface area contributed by atoms with Crippen molar-refractivity contribution in [3.63, 3.8) is 0 Å². The van der Waals surface area contributed by atoms with Crippen LogP contribution in [0.15, 0.2) is 42.5 Å². The number of nitrogens with zero attached hydrogens (tertiary/aromatic N) is 2. The zero-order valence-electron chi connectivity index (χ0n) is 10.4. The standard InChI is InChI=1S/C15H12FN3/c1-9-7-14(17)18-13-6-5-12(19-15(9)13)10-3-2-4-11(16)8-10/h2-8H,1H3,(H2,17,18). The van der Waals surface area contributed by atoms with E-state index in [1.54, 1.807) is 12.1 Å². The molecule has 0 saturated heterocycles. The Hall–Kier alpha value is -2.49. The molecule has 0 aliphatic rings. The number of pyridine rings is 2. The van der Waals surface area contributed by atoms with Gasteiger partial charge in [0.1, 0.15) is 11.6 Å². The van der Waals surface area contributed by atoms with Crippen molar-refractivity contribution in [3.8, 4) is 11.3 Å². The van der Waals surface area contributed by atoms with E-state index in [0.29, 0.717) is 5.82 Å². The summed E-state index contributed by atoms with van der Waals surface area (Å²) in [5.41, 5.74) is 9.67. The van der Waals surface area contributed by atoms with Crippen molar-refractivity contribution in [1.29, 1.82) is 0 Å². The number of nitrogens with two attached hydrogens (primary N) is 1. The molecule has 0 bridgehead atoms. The van der Waals surface area contributed by atoms with Gasteiger partial charge >= 0.3 is 0 Å². The van der Waals surface area contributed by atoms with Crippen LogP contribution in [0.3, 0.4) is 0 Å². The highest BCUT2D eigenvalue weighted by Gasteiger charge is 2.06. The van der Waals surface area contributed by atoms with Crippen molar-refractivity contribution in [2.75, 3.05) is 5.73 Å². The van der Waals surface area contributed by atoms with Gasteiger partial charge in [-0.1, -0.05) is 12.1 Å². The molecule has 1 aromatic carbocycles. The van der Waals surface area contributed by atoms with Gasteiger partial charge in [-0.15, -0.1) is 0 Å². The van der Waals surface area contributed by atoms with E-state index in [1.807, 2.05) is 25.1 Å². The largest absolute Gasteiger partial charge is 0.384 e. The van der Waals surface area contributed by atoms with Gasteiger partial charge < -0.3 is 5.73 Å². The summed E-state index contributed by atoms with van der Waals surface area (Å²) in [4.78, 5) is 8.77. The van der Waals surface area contributed by atoms with Gasteiger partial charge in [0.25, 0.3) is 0 Å². The molecule has 2 N–H and O–H groups in total. The number of benzene rings is 1. The van der Waals surface area contributed by atoms with Gasteiger partial charge in [0.05, 0.1) is 16.7 Å². The molecule has 2 heterocycles. The van der Waals surface area contributed by atoms with E-state index in [1.165, 1.54) is 12.1 Å². The maximum atomic E-state index is 13.2. The van der Waals surface area contributed by atoms with E-state index in [-0.39, 0.29) is 5.82 Å². The van der Waals surface area contributed by atoms with Crippen molar-refractivity contribution in [1.82, 2.24) is 9.97 Å². The summed E-state index contributed by atoms with van der Waals surface area (Å²) in [7, 11) is 0. The van der Waals surface area contributed by atoms with Crippen LogP contribution in [0.5, 0.6) is 0 Å². The molecule has 0 spiro atoms. The van der Waals surface area contributed by atoms with Crippen molar-refractivity contribution < 1.29 is 4.39 Å². The lowest BCUT2D eigenvalue weighted by atomic mass is 10.1. The van der Waals surface area contributed by atoms with Crippen LogP contribution >= 0.6 is 0 Å². The Morgan fingerprint density at radius 1 is 1.05 bits per heavy atom. The third-order valence-corrected chi connectivity index (χ3v) is 2.98. The number of fused-ring (bicyclic) bond motifs is 1. The summed E-state index contributed by atoms with van der Waals surface area (Å²) in [6.45, 7) is 1.93. The van der Waals surface area contributed by atoms with Crippen LogP contribution in [0.25, 0.3) is 22.3 Å². The van der Waals surface area contributed by atoms with E-state index in [0.717, 1.165) is 27.9 Å². The van der Waals surface area contributed by atoms with Crippen LogP contribution in [0.1, 0.15) is 5.56 Å². The first-order valence-electron chi connectivity index (χ1n) is 5.93. The van der Waals surface area contributed by atoms with Gasteiger partial charge in [0.15, 0.2) is 0 Å². The smallest absolute Gasteiger partial charge is 0.124 e. The monoisotopic (exact) mass is 253 g/mol. The third kappa shape index (κ3) is 2.12. The van der Waals surface area contributed by atoms with E-state index >= 15 is 0 Å². The van der Waals surface area contributed by atoms with Gasteiger partial charge in [0, 0.05) is 5.56 Å². The number of hydrogen-bond acceptors (Lipinski definition) is 3. The molecule has 0 unspecified atom stereocenters. The predicted molar refractivity (Wildman–Crippen MR) is 74.1 cm³/mol. The number of aryl methyl sites for hydroxylation is 1. The van der Waals surface area contributed by atoms with Gasteiger partial charge in [-0.2, -0.15) is 0 Å². The number of hydrogen-bond donors (Lipinski definition) is 1. The zero-order chi connectivity index (χ0) is 13.4. The molecule has 2 aromatic heterocycles. The van der Waals surface area contributed by atoms with Crippen LogP contribution in [0.4, 0.5) is 10.2 Å². The van der Waals surface area contributed by atoms with E-state index in [9.17, 15) is 4.39 Å². The zero-order valence-corrected chi connectivity index (χ0v) is 10.4. The minimum absolute atomic E-state index is 0.272. The van der Waals surface area contributed by atoms with E-state index < -0.39 is 0 Å². The lowest BCUT2D eigenvalue weighted by Crippen LogP contribution is -1.95. The molecule has 0 atom stereocenters. The molecule has 0 radical (unpaired) electrons. The highest BCUT2D eigenvalue weighted by Crippen LogP contribution is 2.23. The molecule has 0 aliphatic carbocycles. The fraction of sp³-hybridized carbons (Fsp3) is 0.0667.